The molecule has 1 N–H and O–H groups in total. The van der Waals surface area contributed by atoms with Crippen LogP contribution in [0.25, 0.3) is 0 Å². The Morgan fingerprint density at radius 2 is 1.90 bits per heavy atom. The molecule has 0 aliphatic carbocycles. The summed E-state index contributed by atoms with van der Waals surface area (Å²) in [6.45, 7) is 8.75. The van der Waals surface area contributed by atoms with Gasteiger partial charge in [0.25, 0.3) is 0 Å². The lowest BCUT2D eigenvalue weighted by Gasteiger charge is -2.40. The van der Waals surface area contributed by atoms with Gasteiger partial charge in [-0.2, -0.15) is 0 Å². The number of carbonyl (C=O) groups is 1. The van der Waals surface area contributed by atoms with Gasteiger partial charge in [-0.15, -0.1) is 0 Å². The van der Waals surface area contributed by atoms with E-state index in [4.69, 9.17) is 28.3 Å². The predicted octanol–water partition coefficient (Wildman–Crippen LogP) is 4.63. The lowest BCUT2D eigenvalue weighted by Crippen LogP contribution is -2.44. The summed E-state index contributed by atoms with van der Waals surface area (Å²) in [6, 6.07) is 5.60. The van der Waals surface area contributed by atoms with E-state index < -0.39 is 5.97 Å². The fourth-order valence-electron chi connectivity index (χ4n) is 2.28. The standard InChI is InChI=1S/C15H21Cl2NO2/c1-10(11-5-6-12(16)13(17)9-11)18(15(2,3)4)8-7-14(19)20/h5-6,9-10H,7-8H2,1-4H3,(H,19,20). The number of rotatable bonds is 5. The third-order valence-electron chi connectivity index (χ3n) is 3.32. The van der Waals surface area contributed by atoms with E-state index in [9.17, 15) is 4.79 Å². The summed E-state index contributed by atoms with van der Waals surface area (Å²) in [5, 5.41) is 9.94. The van der Waals surface area contributed by atoms with Crippen molar-refractivity contribution in [2.24, 2.45) is 0 Å². The van der Waals surface area contributed by atoms with Gasteiger partial charge < -0.3 is 5.11 Å². The molecule has 1 aromatic rings. The van der Waals surface area contributed by atoms with E-state index in [0.29, 0.717) is 16.6 Å². The van der Waals surface area contributed by atoms with Crippen molar-refractivity contribution in [3.05, 3.63) is 33.8 Å². The second-order valence-corrected chi connectivity index (χ2v) is 6.67. The van der Waals surface area contributed by atoms with Gasteiger partial charge in [-0.1, -0.05) is 29.3 Å². The number of nitrogens with zero attached hydrogens (tertiary/aromatic N) is 1. The zero-order chi connectivity index (χ0) is 15.5. The van der Waals surface area contributed by atoms with Crippen molar-refractivity contribution in [3.8, 4) is 0 Å². The van der Waals surface area contributed by atoms with Crippen molar-refractivity contribution in [2.75, 3.05) is 6.54 Å². The number of hydrogen-bond acceptors (Lipinski definition) is 2. The molecule has 0 bridgehead atoms. The fraction of sp³-hybridized carbons (Fsp3) is 0.533. The Hall–Kier alpha value is -0.770. The summed E-state index contributed by atoms with van der Waals surface area (Å²) in [6.07, 6.45) is 0.114. The number of carboxylic acids is 1. The van der Waals surface area contributed by atoms with E-state index in [0.717, 1.165) is 5.56 Å². The maximum absolute atomic E-state index is 10.8. The number of hydrogen-bond donors (Lipinski definition) is 1. The van der Waals surface area contributed by atoms with E-state index >= 15 is 0 Å². The molecule has 112 valence electrons. The highest BCUT2D eigenvalue weighted by atomic mass is 35.5. The minimum atomic E-state index is -0.791. The van der Waals surface area contributed by atoms with Crippen LogP contribution in [0.3, 0.4) is 0 Å². The highest BCUT2D eigenvalue weighted by molar-refractivity contribution is 6.42. The second kappa shape index (κ2) is 6.79. The molecule has 0 spiro atoms. The molecule has 0 aliphatic heterocycles. The molecule has 0 aliphatic rings. The molecule has 0 fully saturated rings. The van der Waals surface area contributed by atoms with Crippen LogP contribution in [-0.4, -0.2) is 28.1 Å². The molecule has 1 atom stereocenters. The number of benzene rings is 1. The van der Waals surface area contributed by atoms with Crippen LogP contribution in [0, 0.1) is 0 Å². The first-order chi connectivity index (χ1) is 9.12. The highest BCUT2D eigenvalue weighted by Gasteiger charge is 2.27. The Balaban J connectivity index is 3.00. The van der Waals surface area contributed by atoms with Crippen LogP contribution >= 0.6 is 23.2 Å². The molecular formula is C15H21Cl2NO2. The van der Waals surface area contributed by atoms with Crippen LogP contribution in [0.15, 0.2) is 18.2 Å². The summed E-state index contributed by atoms with van der Waals surface area (Å²) < 4.78 is 0. The van der Waals surface area contributed by atoms with Crippen LogP contribution < -0.4 is 0 Å². The van der Waals surface area contributed by atoms with Gasteiger partial charge in [-0.05, 0) is 45.4 Å². The number of carboxylic acid groups (broad SMARTS) is 1. The highest BCUT2D eigenvalue weighted by Crippen LogP contribution is 2.31. The van der Waals surface area contributed by atoms with Crippen molar-refractivity contribution in [1.82, 2.24) is 4.90 Å². The van der Waals surface area contributed by atoms with E-state index in [1.807, 2.05) is 19.1 Å². The van der Waals surface area contributed by atoms with E-state index in [2.05, 4.69) is 25.7 Å². The Labute approximate surface area is 130 Å². The largest absolute Gasteiger partial charge is 0.481 e. The van der Waals surface area contributed by atoms with Crippen molar-refractivity contribution in [3.63, 3.8) is 0 Å². The Kier molecular flexibility index (Phi) is 5.87. The Bertz CT molecular complexity index is 483. The molecule has 3 nitrogen and oxygen atoms in total. The van der Waals surface area contributed by atoms with Crippen LogP contribution in [0.1, 0.15) is 45.7 Å². The number of aliphatic carboxylic acids is 1. The summed E-state index contributed by atoms with van der Waals surface area (Å²) >= 11 is 12.0. The van der Waals surface area contributed by atoms with Crippen molar-refractivity contribution < 1.29 is 9.90 Å². The maximum Gasteiger partial charge on any atom is 0.304 e. The topological polar surface area (TPSA) is 40.5 Å². The molecular weight excluding hydrogens is 297 g/mol. The molecule has 1 unspecified atom stereocenters. The average molecular weight is 318 g/mol. The third kappa shape index (κ3) is 4.65. The smallest absolute Gasteiger partial charge is 0.304 e. The van der Waals surface area contributed by atoms with Crippen LogP contribution in [-0.2, 0) is 4.79 Å². The molecule has 0 saturated heterocycles. The normalized spacial score (nSPS) is 13.6. The fourth-order valence-corrected chi connectivity index (χ4v) is 2.58. The van der Waals surface area contributed by atoms with Crippen molar-refractivity contribution in [2.45, 2.75) is 45.7 Å². The lowest BCUT2D eigenvalue weighted by molar-refractivity contribution is -0.137. The molecule has 0 amide bonds. The van der Waals surface area contributed by atoms with Gasteiger partial charge in [-0.3, -0.25) is 9.69 Å². The van der Waals surface area contributed by atoms with Gasteiger partial charge >= 0.3 is 5.97 Å². The summed E-state index contributed by atoms with van der Waals surface area (Å²) in [5.41, 5.74) is 0.890. The van der Waals surface area contributed by atoms with E-state index in [1.165, 1.54) is 0 Å². The molecule has 5 heteroatoms. The van der Waals surface area contributed by atoms with Crippen LogP contribution in [0.4, 0.5) is 0 Å². The maximum atomic E-state index is 10.8. The molecule has 0 aromatic heterocycles. The summed E-state index contributed by atoms with van der Waals surface area (Å²) in [7, 11) is 0. The van der Waals surface area contributed by atoms with Gasteiger partial charge in [0.1, 0.15) is 0 Å². The van der Waals surface area contributed by atoms with Crippen molar-refractivity contribution >= 4 is 29.2 Å². The third-order valence-corrected chi connectivity index (χ3v) is 4.06. The van der Waals surface area contributed by atoms with Gasteiger partial charge in [0.05, 0.1) is 16.5 Å². The molecule has 20 heavy (non-hydrogen) atoms. The lowest BCUT2D eigenvalue weighted by atomic mass is 9.98. The molecule has 0 radical (unpaired) electrons. The van der Waals surface area contributed by atoms with E-state index in [1.54, 1.807) is 6.07 Å². The van der Waals surface area contributed by atoms with Crippen molar-refractivity contribution in [1.29, 1.82) is 0 Å². The van der Waals surface area contributed by atoms with Crippen LogP contribution in [0.5, 0.6) is 0 Å². The first-order valence-corrected chi connectivity index (χ1v) is 7.32. The van der Waals surface area contributed by atoms with Gasteiger partial charge in [0.2, 0.25) is 0 Å². The monoisotopic (exact) mass is 317 g/mol. The van der Waals surface area contributed by atoms with Crippen LogP contribution in [0.2, 0.25) is 10.0 Å². The first kappa shape index (κ1) is 17.3. The minimum absolute atomic E-state index is 0.0594. The van der Waals surface area contributed by atoms with Gasteiger partial charge in [-0.25, -0.2) is 0 Å². The SMILES string of the molecule is CC(c1ccc(Cl)c(Cl)c1)N(CCC(=O)O)C(C)(C)C. The van der Waals surface area contributed by atoms with Gasteiger partial charge in [0.15, 0.2) is 0 Å². The molecule has 0 heterocycles. The Morgan fingerprint density at radius 3 is 2.35 bits per heavy atom. The van der Waals surface area contributed by atoms with Gasteiger partial charge in [0, 0.05) is 18.1 Å². The summed E-state index contributed by atoms with van der Waals surface area (Å²) in [5.74, 6) is -0.791. The summed E-state index contributed by atoms with van der Waals surface area (Å²) in [4.78, 5) is 13.0. The predicted molar refractivity (Wildman–Crippen MR) is 83.6 cm³/mol. The quantitative estimate of drug-likeness (QED) is 0.860. The number of halogens is 2. The van der Waals surface area contributed by atoms with E-state index in [-0.39, 0.29) is 18.0 Å². The zero-order valence-corrected chi connectivity index (χ0v) is 13.8. The molecule has 0 saturated carbocycles. The molecule has 1 rings (SSSR count). The minimum Gasteiger partial charge on any atom is -0.481 e. The average Bonchev–Trinajstić information content (AvgIpc) is 2.30. The Morgan fingerprint density at radius 1 is 1.30 bits per heavy atom. The second-order valence-electron chi connectivity index (χ2n) is 5.86. The molecule has 1 aromatic carbocycles. The zero-order valence-electron chi connectivity index (χ0n) is 12.3. The first-order valence-electron chi connectivity index (χ1n) is 6.56.